The smallest absolute Gasteiger partial charge is 0.142 e. The van der Waals surface area contributed by atoms with E-state index in [9.17, 15) is 0 Å². The van der Waals surface area contributed by atoms with Crippen LogP contribution >= 0.6 is 0 Å². The van der Waals surface area contributed by atoms with Gasteiger partial charge in [-0.05, 0) is 109 Å². The van der Waals surface area contributed by atoms with E-state index in [-0.39, 0.29) is 11.2 Å². The van der Waals surface area contributed by atoms with E-state index in [1.54, 1.807) is 0 Å². The Morgan fingerprint density at radius 1 is 0.861 bits per heavy atom. The monoisotopic (exact) mass is 506 g/mol. The quantitative estimate of drug-likeness (QED) is 0.0933. The summed E-state index contributed by atoms with van der Waals surface area (Å²) in [4.78, 5) is 0. The number of rotatable bonds is 20. The molecule has 0 amide bonds. The van der Waals surface area contributed by atoms with Gasteiger partial charge in [-0.15, -0.1) is 0 Å². The van der Waals surface area contributed by atoms with Crippen LogP contribution < -0.4 is 0 Å². The van der Waals surface area contributed by atoms with Gasteiger partial charge in [0.15, 0.2) is 0 Å². The highest BCUT2D eigenvalue weighted by atomic mass is 16.5. The molecule has 36 heavy (non-hydrogen) atoms. The van der Waals surface area contributed by atoms with Crippen molar-refractivity contribution in [2.24, 2.45) is 23.2 Å². The summed E-state index contributed by atoms with van der Waals surface area (Å²) in [5, 5.41) is 0. The molecule has 0 aromatic heterocycles. The van der Waals surface area contributed by atoms with Gasteiger partial charge in [-0.1, -0.05) is 52.4 Å². The Kier molecular flexibility index (Phi) is 13.5. The Morgan fingerprint density at radius 2 is 1.53 bits per heavy atom. The zero-order chi connectivity index (χ0) is 26.7. The van der Waals surface area contributed by atoms with Crippen LogP contribution in [0.25, 0.3) is 0 Å². The van der Waals surface area contributed by atoms with Crippen LogP contribution in [0.15, 0.2) is 0 Å². The highest BCUT2D eigenvalue weighted by Gasteiger charge is 2.45. The van der Waals surface area contributed by atoms with Crippen molar-refractivity contribution < 1.29 is 14.0 Å². The van der Waals surface area contributed by atoms with Gasteiger partial charge < -0.3 is 9.47 Å². The molecule has 2 aliphatic rings. The van der Waals surface area contributed by atoms with Crippen molar-refractivity contribution in [2.45, 2.75) is 155 Å². The van der Waals surface area contributed by atoms with E-state index in [4.69, 9.17) is 9.47 Å². The van der Waals surface area contributed by atoms with Crippen LogP contribution in [0.1, 0.15) is 144 Å². The average Bonchev–Trinajstić information content (AvgIpc) is 3.62. The molecular formula is C33H64NO2+. The average molecular weight is 507 g/mol. The number of hydrogen-bond donors (Lipinski definition) is 0. The highest BCUT2D eigenvalue weighted by Crippen LogP contribution is 2.55. The third-order valence-electron chi connectivity index (χ3n) is 9.05. The molecule has 0 heterocycles. The molecule has 3 unspecified atom stereocenters. The summed E-state index contributed by atoms with van der Waals surface area (Å²) in [5.41, 5.74) is 0.463. The van der Waals surface area contributed by atoms with Crippen molar-refractivity contribution in [2.75, 3.05) is 26.8 Å². The maximum Gasteiger partial charge on any atom is 0.142 e. The van der Waals surface area contributed by atoms with Gasteiger partial charge in [0.05, 0.1) is 11.2 Å². The van der Waals surface area contributed by atoms with Gasteiger partial charge in [0.25, 0.3) is 0 Å². The Balaban J connectivity index is 1.72. The first kappa shape index (κ1) is 31.8. The normalized spacial score (nSPS) is 25.3. The molecule has 2 aliphatic carbocycles. The molecule has 212 valence electrons. The largest absolute Gasteiger partial charge is 0.376 e. The van der Waals surface area contributed by atoms with E-state index < -0.39 is 0 Å². The molecule has 3 atom stereocenters. The van der Waals surface area contributed by atoms with E-state index >= 15 is 0 Å². The van der Waals surface area contributed by atoms with Crippen LogP contribution in [-0.2, 0) is 9.47 Å². The van der Waals surface area contributed by atoms with Gasteiger partial charge in [0.1, 0.15) is 20.3 Å². The number of unbranched alkanes of at least 4 members (excludes halogenated alkanes) is 5. The number of hydrogen-bond acceptors (Lipinski definition) is 2. The van der Waals surface area contributed by atoms with Crippen molar-refractivity contribution in [3.63, 3.8) is 0 Å². The molecule has 3 nitrogen and oxygen atoms in total. The first-order valence-electron chi connectivity index (χ1n) is 15.7. The lowest BCUT2D eigenvalue weighted by atomic mass is 9.61. The molecule has 0 radical (unpaired) electrons. The van der Waals surface area contributed by atoms with Crippen LogP contribution in [0, 0.1) is 23.2 Å². The molecule has 0 aliphatic heterocycles. The molecule has 0 aromatic carbocycles. The third-order valence-corrected chi connectivity index (χ3v) is 9.05. The van der Waals surface area contributed by atoms with Crippen molar-refractivity contribution in [1.29, 1.82) is 0 Å². The van der Waals surface area contributed by atoms with E-state index in [1.807, 2.05) is 11.6 Å². The van der Waals surface area contributed by atoms with Gasteiger partial charge >= 0.3 is 0 Å². The summed E-state index contributed by atoms with van der Waals surface area (Å²) >= 11 is 0. The molecule has 3 heteroatoms. The van der Waals surface area contributed by atoms with Crippen molar-refractivity contribution in [3.05, 3.63) is 0 Å². The van der Waals surface area contributed by atoms with Crippen molar-refractivity contribution in [1.82, 2.24) is 0 Å². The van der Waals surface area contributed by atoms with E-state index in [0.717, 1.165) is 43.9 Å². The standard InChI is InChI=1S/C33H64NO2/c1-9-10-11-15-24-35-31(2,3)21-13-12-17-28-20-22-33(6,26-30(28)29-18-19-29)27-32(4,5)36-25-16-14-23-34(7)8/h28-30H,7,9-27H2,1-6,8H3/q+1. The minimum absolute atomic E-state index is 0.0197. The predicted octanol–water partition coefficient (Wildman–Crippen LogP) is 9.06. The van der Waals surface area contributed by atoms with Gasteiger partial charge in [0.2, 0.25) is 0 Å². The fourth-order valence-corrected chi connectivity index (χ4v) is 7.00. The third kappa shape index (κ3) is 12.9. The molecule has 0 bridgehead atoms. The SMILES string of the molecule is C=[N+](C)CCCCOC(C)(C)CC1(C)CCC(CCCCC(C)(C)OCCCCCC)C(C2CC2)C1. The van der Waals surface area contributed by atoms with Crippen LogP contribution in [-0.4, -0.2) is 49.3 Å². The van der Waals surface area contributed by atoms with Crippen LogP contribution in [0.2, 0.25) is 0 Å². The van der Waals surface area contributed by atoms with Crippen molar-refractivity contribution in [3.8, 4) is 0 Å². The summed E-state index contributed by atoms with van der Waals surface area (Å²) < 4.78 is 14.7. The maximum atomic E-state index is 6.43. The Hall–Kier alpha value is -0.410. The van der Waals surface area contributed by atoms with E-state index in [0.29, 0.717) is 5.41 Å². The summed E-state index contributed by atoms with van der Waals surface area (Å²) in [6, 6.07) is 0. The van der Waals surface area contributed by atoms with Gasteiger partial charge in [0, 0.05) is 19.6 Å². The second-order valence-electron chi connectivity index (χ2n) is 14.3. The predicted molar refractivity (Wildman–Crippen MR) is 156 cm³/mol. The number of nitrogens with zero attached hydrogens (tertiary/aromatic N) is 1. The summed E-state index contributed by atoms with van der Waals surface area (Å²) in [6.07, 6.45) is 21.2. The molecule has 2 fully saturated rings. The Bertz CT molecular complexity index is 623. The fourth-order valence-electron chi connectivity index (χ4n) is 7.00. The van der Waals surface area contributed by atoms with Gasteiger partial charge in [-0.3, -0.25) is 0 Å². The van der Waals surface area contributed by atoms with E-state index in [2.05, 4.69) is 48.3 Å². The Morgan fingerprint density at radius 3 is 2.17 bits per heavy atom. The summed E-state index contributed by atoms with van der Waals surface area (Å²) in [5.74, 6) is 2.92. The molecular weight excluding hydrogens is 442 g/mol. The fraction of sp³-hybridized carbons (Fsp3) is 0.970. The molecule has 2 saturated carbocycles. The van der Waals surface area contributed by atoms with Crippen LogP contribution in [0.4, 0.5) is 0 Å². The summed E-state index contributed by atoms with van der Waals surface area (Å²) in [7, 11) is 2.05. The second-order valence-corrected chi connectivity index (χ2v) is 14.3. The number of ether oxygens (including phenoxy) is 2. The lowest BCUT2D eigenvalue weighted by molar-refractivity contribution is -0.489. The molecule has 0 spiro atoms. The minimum Gasteiger partial charge on any atom is -0.376 e. The lowest BCUT2D eigenvalue weighted by Gasteiger charge is -2.46. The topological polar surface area (TPSA) is 21.5 Å². The first-order valence-corrected chi connectivity index (χ1v) is 15.7. The minimum atomic E-state index is -0.0197. The van der Waals surface area contributed by atoms with Crippen LogP contribution in [0.5, 0.6) is 0 Å². The van der Waals surface area contributed by atoms with Crippen LogP contribution in [0.3, 0.4) is 0 Å². The molecule has 2 rings (SSSR count). The maximum absolute atomic E-state index is 6.43. The zero-order valence-corrected chi connectivity index (χ0v) is 25.6. The molecule has 0 N–H and O–H groups in total. The first-order chi connectivity index (χ1) is 17.0. The highest BCUT2D eigenvalue weighted by molar-refractivity contribution is 5.13. The lowest BCUT2D eigenvalue weighted by Crippen LogP contribution is -2.39. The summed E-state index contributed by atoms with van der Waals surface area (Å²) in [6.45, 7) is 20.9. The Labute approximate surface area is 226 Å². The molecule has 0 aromatic rings. The van der Waals surface area contributed by atoms with Gasteiger partial charge in [-0.25, -0.2) is 4.58 Å². The zero-order valence-electron chi connectivity index (χ0n) is 25.6. The van der Waals surface area contributed by atoms with Gasteiger partial charge in [-0.2, -0.15) is 0 Å². The van der Waals surface area contributed by atoms with Crippen molar-refractivity contribution >= 4 is 6.72 Å². The molecule has 0 saturated heterocycles. The van der Waals surface area contributed by atoms with E-state index in [1.165, 1.54) is 96.3 Å². The second kappa shape index (κ2) is 15.2.